The minimum absolute atomic E-state index is 0.0184. The molecule has 3 aromatic rings. The Hall–Kier alpha value is -3.51. The van der Waals surface area contributed by atoms with Gasteiger partial charge in [-0.3, -0.25) is 14.9 Å². The highest BCUT2D eigenvalue weighted by Crippen LogP contribution is 2.38. The molecule has 1 aromatic heterocycles. The molecule has 0 bridgehead atoms. The van der Waals surface area contributed by atoms with E-state index in [0.29, 0.717) is 31.8 Å². The summed E-state index contributed by atoms with van der Waals surface area (Å²) in [7, 11) is 0. The maximum absolute atomic E-state index is 13.0. The van der Waals surface area contributed by atoms with Crippen molar-refractivity contribution in [3.05, 3.63) is 81.4 Å². The number of rotatable bonds is 13. The largest absolute Gasteiger partial charge is 0.459 e. The van der Waals surface area contributed by atoms with Gasteiger partial charge in [0.15, 0.2) is 5.76 Å². The summed E-state index contributed by atoms with van der Waals surface area (Å²) in [5, 5.41) is 28.9. The molecule has 0 radical (unpaired) electrons. The van der Waals surface area contributed by atoms with Crippen LogP contribution in [0.1, 0.15) is 17.9 Å². The molecule has 196 valence electrons. The van der Waals surface area contributed by atoms with E-state index in [-0.39, 0.29) is 43.1 Å². The molecule has 0 saturated carbocycles. The lowest BCUT2D eigenvalue weighted by atomic mass is 9.92. The van der Waals surface area contributed by atoms with Crippen LogP contribution in [0.15, 0.2) is 65.7 Å². The molecule has 11 heteroatoms. The first-order valence-corrected chi connectivity index (χ1v) is 12.8. The Bertz CT molecular complexity index is 1230. The highest BCUT2D eigenvalue weighted by atomic mass is 32.1. The number of nitro benzene ring substituents is 1. The number of fused-ring (bicyclic) bond motifs is 1. The number of carbonyl (C=O) groups is 1. The zero-order valence-electron chi connectivity index (χ0n) is 20.1. The smallest absolute Gasteiger partial charge is 0.286 e. The first-order chi connectivity index (χ1) is 18.0. The van der Waals surface area contributed by atoms with E-state index >= 15 is 0 Å². The first kappa shape index (κ1) is 26.6. The Labute approximate surface area is 218 Å². The van der Waals surface area contributed by atoms with Gasteiger partial charge in [0, 0.05) is 47.9 Å². The first-order valence-electron chi connectivity index (χ1n) is 12.0. The van der Waals surface area contributed by atoms with Crippen LogP contribution in [0.5, 0.6) is 0 Å². The van der Waals surface area contributed by atoms with Crippen LogP contribution in [-0.2, 0) is 19.0 Å². The number of hydrogen-bond donors (Lipinski definition) is 3. The number of nitrogens with one attached hydrogen (secondary N) is 2. The third-order valence-electron chi connectivity index (χ3n) is 5.78. The average Bonchev–Trinajstić information content (AvgIpc) is 3.35. The van der Waals surface area contributed by atoms with Crippen molar-refractivity contribution in [3.63, 3.8) is 0 Å². The van der Waals surface area contributed by atoms with E-state index < -0.39 is 11.2 Å². The standard InChI is InChI=1S/C26H29N3O7S/c30-11-12-34-13-14-35-25-16-18(22-17-37-24-4-2-1-3-21(22)24)15-23(36-25)26(31)28-10-9-27-19-5-7-20(8-6-19)29(32)33/h1-8,15,17-18,25,27,30H,9-14,16H2,(H,28,31)/t18-,25+/m1/s1. The van der Waals surface area contributed by atoms with Gasteiger partial charge in [0.25, 0.3) is 11.6 Å². The van der Waals surface area contributed by atoms with Gasteiger partial charge >= 0.3 is 0 Å². The van der Waals surface area contributed by atoms with Crippen molar-refractivity contribution in [1.29, 1.82) is 0 Å². The van der Waals surface area contributed by atoms with Crippen molar-refractivity contribution in [2.24, 2.45) is 0 Å². The molecule has 1 amide bonds. The number of benzene rings is 2. The molecule has 10 nitrogen and oxygen atoms in total. The van der Waals surface area contributed by atoms with Crippen LogP contribution in [0.2, 0.25) is 0 Å². The lowest BCUT2D eigenvalue weighted by Crippen LogP contribution is -2.35. The molecule has 2 heterocycles. The summed E-state index contributed by atoms with van der Waals surface area (Å²) in [6.45, 7) is 1.52. The molecule has 37 heavy (non-hydrogen) atoms. The molecule has 3 N–H and O–H groups in total. The zero-order valence-corrected chi connectivity index (χ0v) is 20.9. The Morgan fingerprint density at radius 1 is 1.14 bits per heavy atom. The van der Waals surface area contributed by atoms with Gasteiger partial charge in [0.1, 0.15) is 0 Å². The van der Waals surface area contributed by atoms with E-state index in [4.69, 9.17) is 19.3 Å². The van der Waals surface area contributed by atoms with Gasteiger partial charge in [-0.05, 0) is 40.6 Å². The summed E-state index contributed by atoms with van der Waals surface area (Å²) < 4.78 is 18.2. The topological polar surface area (TPSA) is 132 Å². The summed E-state index contributed by atoms with van der Waals surface area (Å²) in [5.41, 5.74) is 1.86. The number of thiophene rings is 1. The Morgan fingerprint density at radius 3 is 2.73 bits per heavy atom. The molecule has 2 aromatic carbocycles. The average molecular weight is 528 g/mol. The van der Waals surface area contributed by atoms with Crippen molar-refractivity contribution < 1.29 is 29.0 Å². The zero-order chi connectivity index (χ0) is 26.0. The van der Waals surface area contributed by atoms with Gasteiger partial charge in [-0.15, -0.1) is 11.3 Å². The number of ether oxygens (including phenoxy) is 3. The number of aliphatic hydroxyl groups excluding tert-OH is 1. The third kappa shape index (κ3) is 7.26. The summed E-state index contributed by atoms with van der Waals surface area (Å²) >= 11 is 1.66. The number of nitro groups is 1. The minimum atomic E-state index is -0.620. The monoisotopic (exact) mass is 527 g/mol. The number of carbonyl (C=O) groups excluding carboxylic acids is 1. The predicted molar refractivity (Wildman–Crippen MR) is 141 cm³/mol. The number of nitrogens with zero attached hydrogens (tertiary/aromatic N) is 1. The van der Waals surface area contributed by atoms with Crippen LogP contribution in [0.3, 0.4) is 0 Å². The van der Waals surface area contributed by atoms with Gasteiger partial charge in [0.05, 0.1) is 31.4 Å². The molecule has 2 atom stereocenters. The molecule has 0 saturated heterocycles. The second-order valence-electron chi connectivity index (χ2n) is 8.30. The Balaban J connectivity index is 1.37. The second-order valence-corrected chi connectivity index (χ2v) is 9.21. The van der Waals surface area contributed by atoms with E-state index in [2.05, 4.69) is 28.1 Å². The number of hydrogen-bond acceptors (Lipinski definition) is 9. The molecule has 0 fully saturated rings. The predicted octanol–water partition coefficient (Wildman–Crippen LogP) is 3.78. The highest BCUT2D eigenvalue weighted by molar-refractivity contribution is 7.17. The van der Waals surface area contributed by atoms with Crippen LogP contribution in [0, 0.1) is 10.1 Å². The van der Waals surface area contributed by atoms with E-state index in [9.17, 15) is 14.9 Å². The maximum Gasteiger partial charge on any atom is 0.286 e. The van der Waals surface area contributed by atoms with E-state index in [1.165, 1.54) is 16.8 Å². The number of aliphatic hydroxyl groups is 1. The summed E-state index contributed by atoms with van der Waals surface area (Å²) in [5.74, 6) is -0.213. The van der Waals surface area contributed by atoms with Gasteiger partial charge in [0.2, 0.25) is 6.29 Å². The normalized spacial score (nSPS) is 17.2. The number of allylic oxidation sites excluding steroid dienone is 1. The van der Waals surface area contributed by atoms with Crippen molar-refractivity contribution in [2.75, 3.05) is 44.8 Å². The summed E-state index contributed by atoms with van der Waals surface area (Å²) in [6, 6.07) is 14.2. The van der Waals surface area contributed by atoms with Crippen LogP contribution in [0.25, 0.3) is 10.1 Å². The quantitative estimate of drug-likeness (QED) is 0.174. The van der Waals surface area contributed by atoms with Crippen molar-refractivity contribution in [3.8, 4) is 0 Å². The summed E-state index contributed by atoms with van der Waals surface area (Å²) in [6.07, 6.45) is 1.78. The van der Waals surface area contributed by atoms with Crippen LogP contribution < -0.4 is 10.6 Å². The maximum atomic E-state index is 13.0. The van der Waals surface area contributed by atoms with E-state index in [1.54, 1.807) is 23.5 Å². The molecule has 1 aliphatic heterocycles. The van der Waals surface area contributed by atoms with Crippen LogP contribution >= 0.6 is 11.3 Å². The number of amides is 1. The molecule has 0 unspecified atom stereocenters. The second kappa shape index (κ2) is 13.2. The Morgan fingerprint density at radius 2 is 1.95 bits per heavy atom. The van der Waals surface area contributed by atoms with E-state index in [0.717, 1.165) is 10.9 Å². The molecular formula is C26H29N3O7S. The highest BCUT2D eigenvalue weighted by Gasteiger charge is 2.30. The fraction of sp³-hybridized carbons (Fsp3) is 0.346. The SMILES string of the molecule is O=C(NCCNc1ccc([N+](=O)[O-])cc1)C1=C[C@@H](c2csc3ccccc23)C[C@@H](OCCOCCO)O1. The third-order valence-corrected chi connectivity index (χ3v) is 6.76. The molecule has 4 rings (SSSR count). The van der Waals surface area contributed by atoms with Gasteiger partial charge < -0.3 is 30.0 Å². The van der Waals surface area contributed by atoms with E-state index in [1.807, 2.05) is 18.2 Å². The fourth-order valence-corrected chi connectivity index (χ4v) is 5.02. The Kier molecular flexibility index (Phi) is 9.44. The molecule has 0 aliphatic carbocycles. The van der Waals surface area contributed by atoms with Gasteiger partial charge in [-0.1, -0.05) is 18.2 Å². The van der Waals surface area contributed by atoms with Gasteiger partial charge in [-0.2, -0.15) is 0 Å². The lowest BCUT2D eigenvalue weighted by molar-refractivity contribution is -0.384. The number of anilines is 1. The molecule has 1 aliphatic rings. The number of non-ortho nitro benzene ring substituents is 1. The minimum Gasteiger partial charge on any atom is -0.459 e. The summed E-state index contributed by atoms with van der Waals surface area (Å²) in [4.78, 5) is 23.3. The lowest BCUT2D eigenvalue weighted by Gasteiger charge is -2.29. The van der Waals surface area contributed by atoms with Crippen molar-refractivity contribution in [1.82, 2.24) is 5.32 Å². The fourth-order valence-electron chi connectivity index (χ4n) is 4.00. The van der Waals surface area contributed by atoms with Gasteiger partial charge in [-0.25, -0.2) is 0 Å². The van der Waals surface area contributed by atoms with Crippen molar-refractivity contribution >= 4 is 38.7 Å². The molecular weight excluding hydrogens is 498 g/mol. The molecule has 0 spiro atoms. The van der Waals surface area contributed by atoms with Crippen LogP contribution in [-0.4, -0.2) is 61.7 Å². The van der Waals surface area contributed by atoms with Crippen molar-refractivity contribution in [2.45, 2.75) is 18.6 Å². The van der Waals surface area contributed by atoms with Crippen LogP contribution in [0.4, 0.5) is 11.4 Å².